The van der Waals surface area contributed by atoms with Crippen molar-refractivity contribution >= 4 is 11.9 Å². The van der Waals surface area contributed by atoms with Gasteiger partial charge < -0.3 is 19.7 Å². The summed E-state index contributed by atoms with van der Waals surface area (Å²) in [7, 11) is 0. The Labute approximate surface area is 228 Å². The maximum atomic E-state index is 13.0. The van der Waals surface area contributed by atoms with Crippen molar-refractivity contribution in [1.29, 1.82) is 0 Å². The van der Waals surface area contributed by atoms with Gasteiger partial charge in [-0.05, 0) is 93.5 Å². The molecule has 8 heteroatoms. The van der Waals surface area contributed by atoms with E-state index in [4.69, 9.17) is 9.47 Å². The van der Waals surface area contributed by atoms with Crippen molar-refractivity contribution in [1.82, 2.24) is 9.80 Å². The largest absolute Gasteiger partial charge is 0.459 e. The highest BCUT2D eigenvalue weighted by Gasteiger charge is 2.49. The van der Waals surface area contributed by atoms with Crippen molar-refractivity contribution in [2.24, 2.45) is 0 Å². The van der Waals surface area contributed by atoms with Gasteiger partial charge in [0.05, 0.1) is 11.1 Å². The number of esters is 2. The molecular formula is C30H48N2O6. The Hall–Kier alpha value is -2.00. The zero-order valence-electron chi connectivity index (χ0n) is 24.9. The first-order chi connectivity index (χ1) is 17.3. The molecule has 2 aliphatic rings. The Balaban J connectivity index is 1.64. The third-order valence-corrected chi connectivity index (χ3v) is 8.17. The molecule has 2 unspecified atom stereocenters. The maximum absolute atomic E-state index is 13.0. The smallest absolute Gasteiger partial charge is 0.338 e. The number of hydrogen-bond donors (Lipinski definition) is 2. The van der Waals surface area contributed by atoms with Crippen LogP contribution in [0.4, 0.5) is 0 Å². The SMILES string of the molecule is CC(O)N1C(C)(C)CC(OC(=O)c2ccc(C(=O)OC3CC(C)(C)N(C(C)O)C(C)(C)C3)cc2)CC1(C)C. The summed E-state index contributed by atoms with van der Waals surface area (Å²) in [5.41, 5.74) is -0.622. The summed E-state index contributed by atoms with van der Waals surface area (Å²) in [6.07, 6.45) is 0.656. The number of rotatable bonds is 6. The summed E-state index contributed by atoms with van der Waals surface area (Å²) in [5.74, 6) is -0.859. The third-order valence-electron chi connectivity index (χ3n) is 8.17. The van der Waals surface area contributed by atoms with Crippen LogP contribution in [-0.4, -0.2) is 78.8 Å². The number of nitrogens with zero attached hydrogens (tertiary/aromatic N) is 2. The molecule has 2 saturated heterocycles. The van der Waals surface area contributed by atoms with E-state index in [-0.39, 0.29) is 34.4 Å². The van der Waals surface area contributed by atoms with Crippen LogP contribution in [-0.2, 0) is 9.47 Å². The molecule has 0 bridgehead atoms. The molecule has 2 aliphatic heterocycles. The lowest BCUT2D eigenvalue weighted by Crippen LogP contribution is -2.65. The second-order valence-electron chi connectivity index (χ2n) is 13.7. The number of carbonyl (C=O) groups is 2. The number of benzene rings is 1. The van der Waals surface area contributed by atoms with Gasteiger partial charge in [0.25, 0.3) is 0 Å². The molecule has 1 aromatic rings. The summed E-state index contributed by atoms with van der Waals surface area (Å²) in [6, 6.07) is 6.41. The topological polar surface area (TPSA) is 99.5 Å². The van der Waals surface area contributed by atoms with Gasteiger partial charge in [-0.25, -0.2) is 9.59 Å². The van der Waals surface area contributed by atoms with Crippen molar-refractivity contribution in [2.75, 3.05) is 0 Å². The fourth-order valence-corrected chi connectivity index (χ4v) is 7.78. The average molecular weight is 533 g/mol. The Morgan fingerprint density at radius 3 is 1.11 bits per heavy atom. The van der Waals surface area contributed by atoms with E-state index in [1.807, 2.05) is 0 Å². The lowest BCUT2D eigenvalue weighted by atomic mass is 9.78. The molecule has 38 heavy (non-hydrogen) atoms. The second kappa shape index (κ2) is 10.5. The Morgan fingerprint density at radius 1 is 0.658 bits per heavy atom. The highest BCUT2D eigenvalue weighted by Crippen LogP contribution is 2.42. The first kappa shape index (κ1) is 30.5. The first-order valence-corrected chi connectivity index (χ1v) is 13.7. The molecule has 1 aromatic carbocycles. The molecule has 0 amide bonds. The normalized spacial score (nSPS) is 25.4. The van der Waals surface area contributed by atoms with E-state index in [9.17, 15) is 19.8 Å². The average Bonchev–Trinajstić information content (AvgIpc) is 2.69. The van der Waals surface area contributed by atoms with Crippen LogP contribution < -0.4 is 0 Å². The van der Waals surface area contributed by atoms with Gasteiger partial charge in [0.15, 0.2) is 0 Å². The molecule has 0 radical (unpaired) electrons. The minimum absolute atomic E-state index is 0.286. The number of carbonyl (C=O) groups excluding carboxylic acids is 2. The molecule has 3 rings (SSSR count). The van der Waals surface area contributed by atoms with E-state index in [1.165, 1.54) is 0 Å². The summed E-state index contributed by atoms with van der Waals surface area (Å²) >= 11 is 0. The summed E-state index contributed by atoms with van der Waals surface area (Å²) in [5, 5.41) is 20.6. The predicted molar refractivity (Wildman–Crippen MR) is 147 cm³/mol. The Kier molecular flexibility index (Phi) is 8.46. The van der Waals surface area contributed by atoms with Crippen LogP contribution in [0.1, 0.15) is 116 Å². The molecule has 0 aliphatic carbocycles. The highest BCUT2D eigenvalue weighted by molar-refractivity contribution is 5.93. The zero-order valence-corrected chi connectivity index (χ0v) is 24.9. The van der Waals surface area contributed by atoms with Crippen LogP contribution in [0, 0.1) is 0 Å². The molecule has 0 spiro atoms. The fourth-order valence-electron chi connectivity index (χ4n) is 7.78. The van der Waals surface area contributed by atoms with Crippen molar-refractivity contribution in [3.05, 3.63) is 35.4 Å². The summed E-state index contributed by atoms with van der Waals surface area (Å²) < 4.78 is 11.8. The number of aliphatic hydroxyl groups is 2. The van der Waals surface area contributed by atoms with Crippen molar-refractivity contribution in [3.8, 4) is 0 Å². The molecular weight excluding hydrogens is 484 g/mol. The van der Waals surface area contributed by atoms with E-state index in [0.29, 0.717) is 36.8 Å². The number of hydrogen-bond acceptors (Lipinski definition) is 8. The van der Waals surface area contributed by atoms with Crippen LogP contribution >= 0.6 is 0 Å². The van der Waals surface area contributed by atoms with Crippen LogP contribution in [0.15, 0.2) is 24.3 Å². The predicted octanol–water partition coefficient (Wildman–Crippen LogP) is 4.72. The maximum Gasteiger partial charge on any atom is 0.338 e. The number of likely N-dealkylation sites (tertiary alicyclic amines) is 2. The molecule has 214 valence electrons. The number of ether oxygens (including phenoxy) is 2. The van der Waals surface area contributed by atoms with Crippen LogP contribution in [0.5, 0.6) is 0 Å². The first-order valence-electron chi connectivity index (χ1n) is 13.7. The van der Waals surface area contributed by atoms with Crippen LogP contribution in [0.2, 0.25) is 0 Å². The van der Waals surface area contributed by atoms with Gasteiger partial charge >= 0.3 is 11.9 Å². The minimum atomic E-state index is -0.605. The van der Waals surface area contributed by atoms with E-state index < -0.39 is 24.4 Å². The molecule has 2 atom stereocenters. The van der Waals surface area contributed by atoms with E-state index in [1.54, 1.807) is 38.1 Å². The molecule has 8 nitrogen and oxygen atoms in total. The quantitative estimate of drug-likeness (QED) is 0.508. The summed E-state index contributed by atoms with van der Waals surface area (Å²) in [6.45, 7) is 20.0. The standard InChI is InChI=1S/C30H48N2O6/c1-19(33)31-27(3,4)15-23(16-28(31,5)6)37-25(35)21-11-13-22(14-12-21)26(36)38-24-17-29(7,8)32(20(2)34)30(9,10)18-24/h11-14,19-20,23-24,33-34H,15-18H2,1-10H3. The van der Waals surface area contributed by atoms with Crippen LogP contribution in [0.25, 0.3) is 0 Å². The van der Waals surface area contributed by atoms with E-state index in [0.717, 1.165) is 0 Å². The third kappa shape index (κ3) is 6.41. The van der Waals surface area contributed by atoms with Gasteiger partial charge in [-0.1, -0.05) is 0 Å². The van der Waals surface area contributed by atoms with Gasteiger partial charge in [-0.15, -0.1) is 0 Å². The van der Waals surface area contributed by atoms with Gasteiger partial charge in [0.2, 0.25) is 0 Å². The van der Waals surface area contributed by atoms with Crippen molar-refractivity contribution < 1.29 is 29.3 Å². The molecule has 2 heterocycles. The van der Waals surface area contributed by atoms with E-state index >= 15 is 0 Å². The van der Waals surface area contributed by atoms with Gasteiger partial charge in [-0.3, -0.25) is 9.80 Å². The molecule has 2 N–H and O–H groups in total. The molecule has 0 aromatic heterocycles. The number of piperidine rings is 2. The zero-order chi connectivity index (χ0) is 28.8. The van der Waals surface area contributed by atoms with Gasteiger partial charge in [0.1, 0.15) is 24.7 Å². The molecule has 2 fully saturated rings. The van der Waals surface area contributed by atoms with Gasteiger partial charge in [0, 0.05) is 47.8 Å². The van der Waals surface area contributed by atoms with Crippen molar-refractivity contribution in [3.63, 3.8) is 0 Å². The van der Waals surface area contributed by atoms with Crippen molar-refractivity contribution in [2.45, 2.75) is 142 Å². The van der Waals surface area contributed by atoms with E-state index in [2.05, 4.69) is 65.2 Å². The Bertz CT molecular complexity index is 895. The number of aliphatic hydroxyl groups excluding tert-OH is 2. The minimum Gasteiger partial charge on any atom is -0.459 e. The Morgan fingerprint density at radius 2 is 0.895 bits per heavy atom. The lowest BCUT2D eigenvalue weighted by Gasteiger charge is -2.56. The van der Waals surface area contributed by atoms with Crippen LogP contribution in [0.3, 0.4) is 0 Å². The van der Waals surface area contributed by atoms with Gasteiger partial charge in [-0.2, -0.15) is 0 Å². The second-order valence-corrected chi connectivity index (χ2v) is 13.7. The summed E-state index contributed by atoms with van der Waals surface area (Å²) in [4.78, 5) is 30.0. The fraction of sp³-hybridized carbons (Fsp3) is 0.733. The highest BCUT2D eigenvalue weighted by atomic mass is 16.5. The lowest BCUT2D eigenvalue weighted by molar-refractivity contribution is -0.157. The monoisotopic (exact) mass is 532 g/mol. The molecule has 0 saturated carbocycles.